The van der Waals surface area contributed by atoms with Gasteiger partial charge in [-0.15, -0.1) is 0 Å². The van der Waals surface area contributed by atoms with Crippen LogP contribution in [0, 0.1) is 5.92 Å². The van der Waals surface area contributed by atoms with Gasteiger partial charge in [0.25, 0.3) is 5.91 Å². The number of amides is 3. The third kappa shape index (κ3) is 6.24. The Labute approximate surface area is 181 Å². The summed E-state index contributed by atoms with van der Waals surface area (Å²) >= 11 is 0. The first-order chi connectivity index (χ1) is 14.9. The Hall–Kier alpha value is -3.49. The van der Waals surface area contributed by atoms with E-state index in [-0.39, 0.29) is 42.1 Å². The normalized spacial score (nSPS) is 14.2. The highest BCUT2D eigenvalue weighted by atomic mass is 16.6. The Bertz CT molecular complexity index is 911. The molecule has 0 bridgehead atoms. The average Bonchev–Trinajstić information content (AvgIpc) is 2.79. The molecule has 0 aliphatic carbocycles. The number of likely N-dealkylation sites (tertiary alicyclic amines) is 1. The van der Waals surface area contributed by atoms with Crippen LogP contribution in [0.5, 0.6) is 0 Å². The molecule has 9 nitrogen and oxygen atoms in total. The Morgan fingerprint density at radius 2 is 1.77 bits per heavy atom. The number of ether oxygens (including phenoxy) is 1. The van der Waals surface area contributed by atoms with Gasteiger partial charge in [0, 0.05) is 37.4 Å². The lowest BCUT2D eigenvalue weighted by Crippen LogP contribution is -2.47. The van der Waals surface area contributed by atoms with Gasteiger partial charge in [0.1, 0.15) is 6.61 Å². The standard InChI is InChI=1S/C22H27N5O4/c1-15(2)20(28)26-19-18(23-10-11-24-19)21(29)25-17-8-12-27(13-9-17)22(30)31-14-16-6-4-3-5-7-16/h3-7,10-11,15,17H,8-9,12-14H2,1-2H3,(H,25,29)(H,24,26,28). The largest absolute Gasteiger partial charge is 0.445 e. The van der Waals surface area contributed by atoms with Crippen LogP contribution in [0.2, 0.25) is 0 Å². The molecule has 1 aromatic carbocycles. The van der Waals surface area contributed by atoms with Crippen molar-refractivity contribution in [1.29, 1.82) is 0 Å². The number of hydrogen-bond acceptors (Lipinski definition) is 6. The molecule has 2 N–H and O–H groups in total. The van der Waals surface area contributed by atoms with E-state index < -0.39 is 5.91 Å². The fourth-order valence-electron chi connectivity index (χ4n) is 3.13. The van der Waals surface area contributed by atoms with E-state index >= 15 is 0 Å². The maximum absolute atomic E-state index is 12.7. The minimum absolute atomic E-state index is 0.0706. The third-order valence-corrected chi connectivity index (χ3v) is 4.97. The van der Waals surface area contributed by atoms with Crippen molar-refractivity contribution in [2.45, 2.75) is 39.3 Å². The van der Waals surface area contributed by atoms with Gasteiger partial charge in [-0.05, 0) is 18.4 Å². The summed E-state index contributed by atoms with van der Waals surface area (Å²) in [4.78, 5) is 46.7. The second kappa shape index (κ2) is 10.5. The second-order valence-electron chi connectivity index (χ2n) is 7.67. The van der Waals surface area contributed by atoms with Crippen LogP contribution in [-0.2, 0) is 16.1 Å². The highest BCUT2D eigenvalue weighted by Crippen LogP contribution is 2.15. The number of carbonyl (C=O) groups excluding carboxylic acids is 3. The number of hydrogen-bond donors (Lipinski definition) is 2. The lowest BCUT2D eigenvalue weighted by atomic mass is 10.1. The van der Waals surface area contributed by atoms with Gasteiger partial charge in [0.05, 0.1) is 0 Å². The average molecular weight is 425 g/mol. The van der Waals surface area contributed by atoms with Gasteiger partial charge in [-0.2, -0.15) is 0 Å². The number of carbonyl (C=O) groups is 3. The van der Waals surface area contributed by atoms with Crippen molar-refractivity contribution < 1.29 is 19.1 Å². The van der Waals surface area contributed by atoms with Gasteiger partial charge in [-0.3, -0.25) is 9.59 Å². The molecule has 1 fully saturated rings. The molecule has 3 amide bonds. The summed E-state index contributed by atoms with van der Waals surface area (Å²) in [6.07, 6.45) is 3.67. The second-order valence-corrected chi connectivity index (χ2v) is 7.67. The molecular weight excluding hydrogens is 398 g/mol. The van der Waals surface area contributed by atoms with Crippen molar-refractivity contribution in [2.75, 3.05) is 18.4 Å². The number of aromatic nitrogens is 2. The van der Waals surface area contributed by atoms with Crippen LogP contribution < -0.4 is 10.6 Å². The summed E-state index contributed by atoms with van der Waals surface area (Å²) in [7, 11) is 0. The predicted octanol–water partition coefficient (Wildman–Crippen LogP) is 2.60. The topological polar surface area (TPSA) is 114 Å². The van der Waals surface area contributed by atoms with Gasteiger partial charge < -0.3 is 20.3 Å². The first kappa shape index (κ1) is 22.2. The quantitative estimate of drug-likeness (QED) is 0.735. The van der Waals surface area contributed by atoms with Crippen molar-refractivity contribution in [2.24, 2.45) is 5.92 Å². The first-order valence-corrected chi connectivity index (χ1v) is 10.3. The van der Waals surface area contributed by atoms with Crippen LogP contribution >= 0.6 is 0 Å². The molecule has 2 aromatic rings. The fourth-order valence-corrected chi connectivity index (χ4v) is 3.13. The van der Waals surface area contributed by atoms with Crippen molar-refractivity contribution in [3.8, 4) is 0 Å². The molecule has 1 aliphatic heterocycles. The van der Waals surface area contributed by atoms with Gasteiger partial charge >= 0.3 is 6.09 Å². The summed E-state index contributed by atoms with van der Waals surface area (Å²) in [5.74, 6) is -0.751. The molecule has 1 saturated heterocycles. The summed E-state index contributed by atoms with van der Waals surface area (Å²) in [6.45, 7) is 4.70. The Balaban J connectivity index is 1.49. The van der Waals surface area contributed by atoms with Gasteiger partial charge in [0.2, 0.25) is 5.91 Å². The number of benzene rings is 1. The summed E-state index contributed by atoms with van der Waals surface area (Å²) in [5, 5.41) is 5.56. The SMILES string of the molecule is CC(C)C(=O)Nc1nccnc1C(=O)NC1CCN(C(=O)OCc2ccccc2)CC1. The Morgan fingerprint density at radius 3 is 2.45 bits per heavy atom. The van der Waals surface area contributed by atoms with Crippen LogP contribution in [0.1, 0.15) is 42.7 Å². The van der Waals surface area contributed by atoms with Gasteiger partial charge in [0.15, 0.2) is 11.5 Å². The maximum Gasteiger partial charge on any atom is 0.410 e. The molecule has 3 rings (SSSR count). The molecule has 0 spiro atoms. The highest BCUT2D eigenvalue weighted by Gasteiger charge is 2.26. The molecule has 164 valence electrons. The predicted molar refractivity (Wildman–Crippen MR) is 114 cm³/mol. The number of nitrogens with one attached hydrogen (secondary N) is 2. The zero-order valence-electron chi connectivity index (χ0n) is 17.7. The van der Waals surface area contributed by atoms with E-state index in [2.05, 4.69) is 20.6 Å². The van der Waals surface area contributed by atoms with Crippen LogP contribution in [-0.4, -0.2) is 51.9 Å². The molecule has 2 heterocycles. The monoisotopic (exact) mass is 425 g/mol. The third-order valence-electron chi connectivity index (χ3n) is 4.97. The van der Waals surface area contributed by atoms with Crippen molar-refractivity contribution in [1.82, 2.24) is 20.2 Å². The van der Waals surface area contributed by atoms with E-state index in [4.69, 9.17) is 4.74 Å². The van der Waals surface area contributed by atoms with Crippen LogP contribution in [0.4, 0.5) is 10.6 Å². The molecule has 0 unspecified atom stereocenters. The molecule has 9 heteroatoms. The van der Waals surface area contributed by atoms with Crippen molar-refractivity contribution in [3.63, 3.8) is 0 Å². The van der Waals surface area contributed by atoms with E-state index in [1.165, 1.54) is 12.4 Å². The Kier molecular flexibility index (Phi) is 7.53. The summed E-state index contributed by atoms with van der Waals surface area (Å²) in [5.41, 5.74) is 1.00. The Morgan fingerprint density at radius 1 is 1.10 bits per heavy atom. The minimum Gasteiger partial charge on any atom is -0.445 e. The van der Waals surface area contributed by atoms with E-state index in [0.717, 1.165) is 5.56 Å². The van der Waals surface area contributed by atoms with Crippen molar-refractivity contribution in [3.05, 3.63) is 54.0 Å². The molecule has 1 aliphatic rings. The van der Waals surface area contributed by atoms with Crippen LogP contribution in [0.15, 0.2) is 42.7 Å². The van der Waals surface area contributed by atoms with Gasteiger partial charge in [-0.25, -0.2) is 14.8 Å². The first-order valence-electron chi connectivity index (χ1n) is 10.3. The zero-order valence-corrected chi connectivity index (χ0v) is 17.7. The molecule has 0 atom stereocenters. The fraction of sp³-hybridized carbons (Fsp3) is 0.409. The number of nitrogens with zero attached hydrogens (tertiary/aromatic N) is 3. The molecule has 0 radical (unpaired) electrons. The lowest BCUT2D eigenvalue weighted by molar-refractivity contribution is -0.118. The van der Waals surface area contributed by atoms with Crippen LogP contribution in [0.3, 0.4) is 0 Å². The maximum atomic E-state index is 12.7. The van der Waals surface area contributed by atoms with Gasteiger partial charge in [-0.1, -0.05) is 44.2 Å². The summed E-state index contributed by atoms with van der Waals surface area (Å²) < 4.78 is 5.37. The summed E-state index contributed by atoms with van der Waals surface area (Å²) in [6, 6.07) is 9.40. The zero-order chi connectivity index (χ0) is 22.2. The van der Waals surface area contributed by atoms with E-state index in [0.29, 0.717) is 25.9 Å². The van der Waals surface area contributed by atoms with E-state index in [1.54, 1.807) is 18.7 Å². The number of anilines is 1. The number of rotatable bonds is 6. The molecule has 31 heavy (non-hydrogen) atoms. The highest BCUT2D eigenvalue weighted by molar-refractivity contribution is 6.01. The van der Waals surface area contributed by atoms with E-state index in [9.17, 15) is 14.4 Å². The number of piperidine rings is 1. The van der Waals surface area contributed by atoms with E-state index in [1.807, 2.05) is 30.3 Å². The van der Waals surface area contributed by atoms with Crippen molar-refractivity contribution >= 4 is 23.7 Å². The lowest BCUT2D eigenvalue weighted by Gasteiger charge is -2.31. The smallest absolute Gasteiger partial charge is 0.410 e. The molecular formula is C22H27N5O4. The van der Waals surface area contributed by atoms with Crippen LogP contribution in [0.25, 0.3) is 0 Å². The molecule has 0 saturated carbocycles. The molecule has 1 aromatic heterocycles. The minimum atomic E-state index is -0.405.